The summed E-state index contributed by atoms with van der Waals surface area (Å²) in [7, 11) is 0. The number of carbonyl (C=O) groups excluding carboxylic acids is 2. The van der Waals surface area contributed by atoms with Crippen molar-refractivity contribution in [1.29, 1.82) is 5.26 Å². The Morgan fingerprint density at radius 1 is 1.16 bits per heavy atom. The van der Waals surface area contributed by atoms with Gasteiger partial charge in [0.25, 0.3) is 0 Å². The monoisotopic (exact) mass is 539 g/mol. The number of thioether (sulfide) groups is 1. The van der Waals surface area contributed by atoms with E-state index >= 15 is 0 Å². The highest BCUT2D eigenvalue weighted by Gasteiger charge is 2.44. The van der Waals surface area contributed by atoms with Gasteiger partial charge in [0.2, 0.25) is 5.91 Å². The van der Waals surface area contributed by atoms with E-state index in [1.807, 2.05) is 23.1 Å². The van der Waals surface area contributed by atoms with Gasteiger partial charge in [-0.3, -0.25) is 9.59 Å². The molecule has 1 aromatic heterocycles. The third kappa shape index (κ3) is 7.59. The van der Waals surface area contributed by atoms with E-state index < -0.39 is 11.5 Å². The Morgan fingerprint density at radius 3 is 2.54 bits per heavy atom. The van der Waals surface area contributed by atoms with E-state index in [9.17, 15) is 9.59 Å². The van der Waals surface area contributed by atoms with E-state index in [4.69, 9.17) is 15.7 Å². The fraction of sp³-hybridized carbons (Fsp3) is 0.552. The number of nitrogens with zero attached hydrogens (tertiary/aromatic N) is 2. The van der Waals surface area contributed by atoms with Crippen LogP contribution >= 0.6 is 23.1 Å². The van der Waals surface area contributed by atoms with Crippen molar-refractivity contribution in [3.8, 4) is 6.07 Å². The van der Waals surface area contributed by atoms with Crippen molar-refractivity contribution in [2.24, 2.45) is 17.1 Å². The Balaban J connectivity index is 1.36. The van der Waals surface area contributed by atoms with Gasteiger partial charge in [-0.05, 0) is 67.2 Å². The zero-order valence-corrected chi connectivity index (χ0v) is 23.0. The van der Waals surface area contributed by atoms with E-state index in [1.165, 1.54) is 24.1 Å². The molecule has 2 aliphatic rings. The molecule has 1 aliphatic carbocycles. The number of nitrogens with two attached hydrogens (primary N) is 1. The first-order valence-corrected chi connectivity index (χ1v) is 15.3. The van der Waals surface area contributed by atoms with Gasteiger partial charge in [0.05, 0.1) is 29.7 Å². The Bertz CT molecular complexity index is 1050. The molecule has 6 nitrogen and oxygen atoms in total. The van der Waals surface area contributed by atoms with Crippen LogP contribution in [0, 0.1) is 22.7 Å². The molecule has 0 spiro atoms. The quantitative estimate of drug-likeness (QED) is 0.419. The fourth-order valence-corrected chi connectivity index (χ4v) is 7.21. The van der Waals surface area contributed by atoms with Gasteiger partial charge < -0.3 is 15.4 Å². The minimum atomic E-state index is -0.669. The Kier molecular flexibility index (Phi) is 10.1. The fourth-order valence-electron chi connectivity index (χ4n) is 5.38. The molecule has 2 fully saturated rings. The maximum absolute atomic E-state index is 13.5. The largest absolute Gasteiger partial charge is 0.465 e. The summed E-state index contributed by atoms with van der Waals surface area (Å²) < 4.78 is 5.95. The second-order valence-corrected chi connectivity index (χ2v) is 12.5. The van der Waals surface area contributed by atoms with Crippen molar-refractivity contribution in [2.75, 3.05) is 25.4 Å². The number of ether oxygens (including phenoxy) is 1. The molecule has 198 valence electrons. The smallest absolute Gasteiger partial charge is 0.312 e. The number of esters is 1. The van der Waals surface area contributed by atoms with Crippen LogP contribution in [0.1, 0.15) is 60.9 Å². The molecule has 1 amide bonds. The second-order valence-electron chi connectivity index (χ2n) is 10.4. The standard InChI is InChI=1S/C29H37N3O3S2/c30-18-23-10-8-22(9-11-23)17-29(28(34)35-19-24-5-2-1-3-6-24)12-14-32(15-13-29)27(33)26(31)21-36-20-25-7-4-16-37-25/h4,7-11,16,24,26H,1-3,5-6,12-15,17,19-21,31H2/t26-/m0/s1. The predicted molar refractivity (Wildman–Crippen MR) is 149 cm³/mol. The third-order valence-corrected chi connectivity index (χ3v) is 9.87. The van der Waals surface area contributed by atoms with Crippen LogP contribution in [0.3, 0.4) is 0 Å². The lowest BCUT2D eigenvalue weighted by atomic mass is 9.73. The average molecular weight is 540 g/mol. The number of thiophene rings is 1. The summed E-state index contributed by atoms with van der Waals surface area (Å²) >= 11 is 3.39. The summed E-state index contributed by atoms with van der Waals surface area (Å²) in [4.78, 5) is 29.7. The molecule has 37 heavy (non-hydrogen) atoms. The zero-order valence-electron chi connectivity index (χ0n) is 21.4. The number of benzene rings is 1. The highest BCUT2D eigenvalue weighted by atomic mass is 32.2. The normalized spacial score (nSPS) is 18.6. The van der Waals surface area contributed by atoms with E-state index in [1.54, 1.807) is 35.2 Å². The molecule has 0 bridgehead atoms. The lowest BCUT2D eigenvalue weighted by molar-refractivity contribution is -0.162. The second kappa shape index (κ2) is 13.5. The molecule has 1 saturated carbocycles. The van der Waals surface area contributed by atoms with E-state index in [0.717, 1.165) is 24.2 Å². The molecular formula is C29H37N3O3S2. The van der Waals surface area contributed by atoms with Gasteiger partial charge in [-0.1, -0.05) is 37.5 Å². The average Bonchev–Trinajstić information content (AvgIpc) is 3.46. The van der Waals surface area contributed by atoms with Crippen LogP contribution in [-0.2, 0) is 26.5 Å². The van der Waals surface area contributed by atoms with E-state index in [-0.39, 0.29) is 11.9 Å². The number of likely N-dealkylation sites (tertiary alicyclic amines) is 1. The molecule has 8 heteroatoms. The van der Waals surface area contributed by atoms with Gasteiger partial charge in [-0.2, -0.15) is 17.0 Å². The molecule has 2 heterocycles. The molecule has 2 N–H and O–H groups in total. The molecule has 0 radical (unpaired) electrons. The van der Waals surface area contributed by atoms with Gasteiger partial charge in [-0.15, -0.1) is 11.3 Å². The van der Waals surface area contributed by atoms with Gasteiger partial charge >= 0.3 is 5.97 Å². The highest BCUT2D eigenvalue weighted by molar-refractivity contribution is 7.98. The summed E-state index contributed by atoms with van der Waals surface area (Å²) in [6.07, 6.45) is 7.59. The van der Waals surface area contributed by atoms with E-state index in [0.29, 0.717) is 56.2 Å². The van der Waals surface area contributed by atoms with Gasteiger partial charge in [0, 0.05) is 29.5 Å². The molecule has 2 aromatic rings. The number of hydrogen-bond acceptors (Lipinski definition) is 7. The molecule has 1 saturated heterocycles. The van der Waals surface area contributed by atoms with Crippen molar-refractivity contribution in [2.45, 2.75) is 63.2 Å². The van der Waals surface area contributed by atoms with Crippen molar-refractivity contribution in [3.63, 3.8) is 0 Å². The van der Waals surface area contributed by atoms with Gasteiger partial charge in [-0.25, -0.2) is 0 Å². The topological polar surface area (TPSA) is 96.4 Å². The van der Waals surface area contributed by atoms with E-state index in [2.05, 4.69) is 17.5 Å². The van der Waals surface area contributed by atoms with Crippen molar-refractivity contribution >= 4 is 35.0 Å². The highest BCUT2D eigenvalue weighted by Crippen LogP contribution is 2.38. The number of nitriles is 1. The molecular weight excluding hydrogens is 502 g/mol. The van der Waals surface area contributed by atoms with Crippen molar-refractivity contribution < 1.29 is 14.3 Å². The van der Waals surface area contributed by atoms with Crippen LogP contribution in [0.2, 0.25) is 0 Å². The summed E-state index contributed by atoms with van der Waals surface area (Å²) in [5.74, 6) is 1.70. The first-order valence-electron chi connectivity index (χ1n) is 13.3. The third-order valence-electron chi connectivity index (χ3n) is 7.70. The number of carbonyl (C=O) groups is 2. The summed E-state index contributed by atoms with van der Waals surface area (Å²) in [5.41, 5.74) is 7.21. The first-order chi connectivity index (χ1) is 18.0. The molecule has 1 aliphatic heterocycles. The zero-order chi connectivity index (χ0) is 26.1. The minimum Gasteiger partial charge on any atom is -0.465 e. The lowest BCUT2D eigenvalue weighted by Crippen LogP contribution is -2.52. The summed E-state index contributed by atoms with van der Waals surface area (Å²) in [5, 5.41) is 11.2. The number of amides is 1. The summed E-state index contributed by atoms with van der Waals surface area (Å²) in [6, 6.07) is 13.2. The van der Waals surface area contributed by atoms with Gasteiger partial charge in [0.1, 0.15) is 0 Å². The Labute approximate surface area is 228 Å². The summed E-state index contributed by atoms with van der Waals surface area (Å²) in [6.45, 7) is 1.48. The van der Waals surface area contributed by atoms with Crippen LogP contribution in [0.15, 0.2) is 41.8 Å². The lowest BCUT2D eigenvalue weighted by Gasteiger charge is -2.41. The van der Waals surface area contributed by atoms with Crippen LogP contribution < -0.4 is 5.73 Å². The maximum Gasteiger partial charge on any atom is 0.312 e. The SMILES string of the molecule is N#Cc1ccc(CC2(C(=O)OCC3CCCCC3)CCN(C(=O)[C@@H](N)CSCc3cccs3)CC2)cc1. The Morgan fingerprint density at radius 2 is 1.89 bits per heavy atom. The van der Waals surface area contributed by atoms with Crippen molar-refractivity contribution in [3.05, 3.63) is 57.8 Å². The molecule has 1 aromatic carbocycles. The minimum absolute atomic E-state index is 0.0405. The van der Waals surface area contributed by atoms with Gasteiger partial charge in [0.15, 0.2) is 0 Å². The van der Waals surface area contributed by atoms with Crippen molar-refractivity contribution in [1.82, 2.24) is 4.90 Å². The molecule has 1 atom stereocenters. The Hall–Kier alpha value is -2.34. The number of hydrogen-bond donors (Lipinski definition) is 1. The molecule has 4 rings (SSSR count). The van der Waals surface area contributed by atoms with Crippen LogP contribution in [0.5, 0.6) is 0 Å². The number of rotatable bonds is 10. The predicted octanol–water partition coefficient (Wildman–Crippen LogP) is 5.16. The maximum atomic E-state index is 13.5. The number of piperidine rings is 1. The van der Waals surface area contributed by atoms with Crippen LogP contribution in [0.4, 0.5) is 0 Å². The van der Waals surface area contributed by atoms with Crippen LogP contribution in [0.25, 0.3) is 0 Å². The molecule has 0 unspecified atom stereocenters. The van der Waals surface area contributed by atoms with Crippen LogP contribution in [-0.4, -0.2) is 48.3 Å². The first kappa shape index (κ1) is 27.7.